The molecule has 0 spiro atoms. The number of rotatable bonds is 32. The number of quaternary nitrogens is 1. The molecule has 0 aromatic heterocycles. The summed E-state index contributed by atoms with van der Waals surface area (Å²) in [6.45, 7) is 5.15. The Morgan fingerprint density at radius 2 is 1.21 bits per heavy atom. The summed E-state index contributed by atoms with van der Waals surface area (Å²) >= 11 is 0. The fourth-order valence-electron chi connectivity index (χ4n) is 4.52. The van der Waals surface area contributed by atoms with E-state index in [2.05, 4.69) is 19.1 Å². The number of hydrogen-bond acceptors (Lipinski definition) is 7. The van der Waals surface area contributed by atoms with Crippen LogP contribution in [0.1, 0.15) is 142 Å². The minimum Gasteiger partial charge on any atom is -0.756 e. The molecule has 0 aromatic carbocycles. The summed E-state index contributed by atoms with van der Waals surface area (Å²) in [6.07, 6.45) is 27.6. The Morgan fingerprint density at radius 3 is 1.74 bits per heavy atom. The van der Waals surface area contributed by atoms with Crippen molar-refractivity contribution in [2.75, 3.05) is 54.1 Å². The smallest absolute Gasteiger partial charge is 0.306 e. The molecule has 43 heavy (non-hydrogen) atoms. The number of unbranched alkanes of at least 4 members (excludes halogenated alkanes) is 16. The molecule has 0 aliphatic heterocycles. The third-order valence-corrected chi connectivity index (χ3v) is 8.28. The van der Waals surface area contributed by atoms with Gasteiger partial charge in [0.15, 0.2) is 0 Å². The van der Waals surface area contributed by atoms with E-state index in [1.165, 1.54) is 96.3 Å². The minimum absolute atomic E-state index is 0.0263. The van der Waals surface area contributed by atoms with Crippen LogP contribution in [-0.2, 0) is 27.9 Å². The van der Waals surface area contributed by atoms with E-state index >= 15 is 0 Å². The van der Waals surface area contributed by atoms with Crippen molar-refractivity contribution in [2.24, 2.45) is 0 Å². The molecule has 9 heteroatoms. The summed E-state index contributed by atoms with van der Waals surface area (Å²) in [7, 11) is 1.35. The van der Waals surface area contributed by atoms with Crippen LogP contribution in [0.4, 0.5) is 0 Å². The average Bonchev–Trinajstić information content (AvgIpc) is 2.94. The van der Waals surface area contributed by atoms with E-state index in [4.69, 9.17) is 18.5 Å². The fourth-order valence-corrected chi connectivity index (χ4v) is 5.25. The molecule has 0 aromatic rings. The summed E-state index contributed by atoms with van der Waals surface area (Å²) in [6, 6.07) is 0. The number of hydrogen-bond donors (Lipinski definition) is 0. The van der Waals surface area contributed by atoms with E-state index in [1.54, 1.807) is 0 Å². The molecular formula is C34H68NO7P. The highest BCUT2D eigenvalue weighted by molar-refractivity contribution is 7.45. The number of allylic oxidation sites excluding steroid dienone is 2. The highest BCUT2D eigenvalue weighted by Gasteiger charge is 2.20. The molecule has 0 radical (unpaired) electrons. The molecule has 0 fully saturated rings. The number of phosphoric acid groups is 1. The molecule has 8 nitrogen and oxygen atoms in total. The Bertz CT molecular complexity index is 711. The zero-order valence-corrected chi connectivity index (χ0v) is 29.6. The summed E-state index contributed by atoms with van der Waals surface area (Å²) in [5, 5.41) is 0. The first-order valence-corrected chi connectivity index (χ1v) is 18.9. The van der Waals surface area contributed by atoms with E-state index in [0.29, 0.717) is 17.6 Å². The first-order chi connectivity index (χ1) is 20.6. The molecule has 256 valence electrons. The SMILES string of the molecule is CCCCCCCCC/C=C\CCCCCCCCCCOCC(COP(=O)([O-])OCC[N+](C)(C)C)OC(=O)CCCC. The van der Waals surface area contributed by atoms with Gasteiger partial charge in [0.25, 0.3) is 7.82 Å². The maximum Gasteiger partial charge on any atom is 0.306 e. The van der Waals surface area contributed by atoms with Crippen molar-refractivity contribution in [1.82, 2.24) is 0 Å². The molecular weight excluding hydrogens is 565 g/mol. The summed E-state index contributed by atoms with van der Waals surface area (Å²) < 4.78 is 33.8. The van der Waals surface area contributed by atoms with Gasteiger partial charge >= 0.3 is 5.97 Å². The Morgan fingerprint density at radius 1 is 0.698 bits per heavy atom. The Hall–Kier alpha value is -0.760. The minimum atomic E-state index is -4.49. The van der Waals surface area contributed by atoms with Crippen LogP contribution in [0.25, 0.3) is 0 Å². The monoisotopic (exact) mass is 633 g/mol. The lowest BCUT2D eigenvalue weighted by Gasteiger charge is -2.28. The van der Waals surface area contributed by atoms with Crippen molar-refractivity contribution in [3.05, 3.63) is 12.2 Å². The molecule has 0 rings (SSSR count). The molecule has 0 amide bonds. The standard InChI is InChI=1S/C34H68NO7P/c1-6-8-10-11-12-13-14-15-16-17-18-19-20-21-22-23-24-25-26-29-39-31-33(42-34(36)27-9-7-2)32-41-43(37,38)40-30-28-35(3,4)5/h16-17,33H,6-15,18-32H2,1-5H3/b17-16-. The third-order valence-electron chi connectivity index (χ3n) is 7.32. The van der Waals surface area contributed by atoms with Crippen LogP contribution in [-0.4, -0.2) is 70.7 Å². The Labute approximate surface area is 265 Å². The number of carbonyl (C=O) groups is 1. The second-order valence-corrected chi connectivity index (χ2v) is 14.3. The molecule has 0 saturated heterocycles. The molecule has 2 unspecified atom stereocenters. The van der Waals surface area contributed by atoms with Crippen molar-refractivity contribution < 1.29 is 37.3 Å². The van der Waals surface area contributed by atoms with Crippen molar-refractivity contribution in [1.29, 1.82) is 0 Å². The normalized spacial score (nSPS) is 14.3. The van der Waals surface area contributed by atoms with Crippen molar-refractivity contribution >= 4 is 13.8 Å². The summed E-state index contributed by atoms with van der Waals surface area (Å²) in [5.41, 5.74) is 0. The van der Waals surface area contributed by atoms with E-state index in [9.17, 15) is 14.3 Å². The number of likely N-dealkylation sites (N-methyl/N-ethyl adjacent to an activating group) is 1. The quantitative estimate of drug-likeness (QED) is 0.0241. The van der Waals surface area contributed by atoms with Crippen LogP contribution in [0.15, 0.2) is 12.2 Å². The van der Waals surface area contributed by atoms with Crippen LogP contribution >= 0.6 is 7.82 Å². The Kier molecular flexibility index (Phi) is 28.2. The third kappa shape index (κ3) is 32.4. The maximum atomic E-state index is 12.1. The first-order valence-electron chi connectivity index (χ1n) is 17.4. The average molecular weight is 634 g/mol. The number of nitrogens with zero attached hydrogens (tertiary/aromatic N) is 1. The van der Waals surface area contributed by atoms with Crippen LogP contribution < -0.4 is 4.89 Å². The highest BCUT2D eigenvalue weighted by Crippen LogP contribution is 2.38. The molecule has 0 aliphatic rings. The maximum absolute atomic E-state index is 12.1. The molecule has 0 bridgehead atoms. The van der Waals surface area contributed by atoms with Gasteiger partial charge in [0.2, 0.25) is 0 Å². The van der Waals surface area contributed by atoms with Gasteiger partial charge in [-0.1, -0.05) is 109 Å². The van der Waals surface area contributed by atoms with Crippen molar-refractivity contribution in [2.45, 2.75) is 148 Å². The molecule has 0 aliphatic carbocycles. The molecule has 0 heterocycles. The lowest BCUT2D eigenvalue weighted by Crippen LogP contribution is -2.37. The Balaban J connectivity index is 3.91. The number of carbonyl (C=O) groups excluding carboxylic acids is 1. The van der Waals surface area contributed by atoms with E-state index in [1.807, 2.05) is 28.1 Å². The van der Waals surface area contributed by atoms with Crippen LogP contribution in [0.3, 0.4) is 0 Å². The predicted molar refractivity (Wildman–Crippen MR) is 176 cm³/mol. The lowest BCUT2D eigenvalue weighted by atomic mass is 10.1. The zero-order valence-electron chi connectivity index (χ0n) is 28.7. The van der Waals surface area contributed by atoms with Crippen LogP contribution in [0.5, 0.6) is 0 Å². The van der Waals surface area contributed by atoms with E-state index in [-0.39, 0.29) is 32.2 Å². The number of ether oxygens (including phenoxy) is 2. The van der Waals surface area contributed by atoms with Gasteiger partial charge in [-0.15, -0.1) is 0 Å². The molecule has 2 atom stereocenters. The van der Waals surface area contributed by atoms with Gasteiger partial charge in [0, 0.05) is 13.0 Å². The fraction of sp³-hybridized carbons (Fsp3) is 0.912. The van der Waals surface area contributed by atoms with Gasteiger partial charge in [-0.05, 0) is 38.5 Å². The lowest BCUT2D eigenvalue weighted by molar-refractivity contribution is -0.870. The van der Waals surface area contributed by atoms with Gasteiger partial charge < -0.3 is 27.9 Å². The largest absolute Gasteiger partial charge is 0.756 e. The van der Waals surface area contributed by atoms with Gasteiger partial charge in [0.05, 0.1) is 34.4 Å². The molecule has 0 saturated carbocycles. The number of phosphoric ester groups is 1. The van der Waals surface area contributed by atoms with Crippen molar-refractivity contribution in [3.63, 3.8) is 0 Å². The van der Waals surface area contributed by atoms with Gasteiger partial charge in [0.1, 0.15) is 19.3 Å². The molecule has 0 N–H and O–H groups in total. The number of esters is 1. The second-order valence-electron chi connectivity index (χ2n) is 12.9. The van der Waals surface area contributed by atoms with Crippen LogP contribution in [0, 0.1) is 0 Å². The van der Waals surface area contributed by atoms with Crippen molar-refractivity contribution in [3.8, 4) is 0 Å². The predicted octanol–water partition coefficient (Wildman–Crippen LogP) is 8.52. The topological polar surface area (TPSA) is 94.1 Å². The highest BCUT2D eigenvalue weighted by atomic mass is 31.2. The summed E-state index contributed by atoms with van der Waals surface area (Å²) in [4.78, 5) is 24.3. The summed E-state index contributed by atoms with van der Waals surface area (Å²) in [5.74, 6) is -0.370. The van der Waals surface area contributed by atoms with Gasteiger partial charge in [-0.25, -0.2) is 0 Å². The van der Waals surface area contributed by atoms with E-state index < -0.39 is 13.9 Å². The second kappa shape index (κ2) is 28.7. The van der Waals surface area contributed by atoms with Gasteiger partial charge in [-0.2, -0.15) is 0 Å². The zero-order chi connectivity index (χ0) is 32.1. The first kappa shape index (κ1) is 42.2. The van der Waals surface area contributed by atoms with E-state index in [0.717, 1.165) is 25.7 Å². The van der Waals surface area contributed by atoms with Crippen LogP contribution in [0.2, 0.25) is 0 Å². The van der Waals surface area contributed by atoms with Gasteiger partial charge in [-0.3, -0.25) is 9.36 Å².